The van der Waals surface area contributed by atoms with Gasteiger partial charge in [-0.3, -0.25) is 4.79 Å². The van der Waals surface area contributed by atoms with E-state index in [4.69, 9.17) is 5.11 Å². The van der Waals surface area contributed by atoms with Crippen LogP contribution in [-0.2, 0) is 0 Å². The largest absolute Gasteiger partial charge is 0.384 e. The summed E-state index contributed by atoms with van der Waals surface area (Å²) in [4.78, 5) is 14.6. The van der Waals surface area contributed by atoms with E-state index >= 15 is 0 Å². The molecule has 1 aliphatic carbocycles. The molecule has 0 radical (unpaired) electrons. The second kappa shape index (κ2) is 7.28. The quantitative estimate of drug-likeness (QED) is 0.845. The van der Waals surface area contributed by atoms with Crippen LogP contribution in [0.4, 0.5) is 0 Å². The van der Waals surface area contributed by atoms with E-state index in [9.17, 15) is 4.79 Å². The molecule has 1 aromatic carbocycles. The molecule has 1 amide bonds. The van der Waals surface area contributed by atoms with Gasteiger partial charge in [0.05, 0.1) is 0 Å². The highest BCUT2D eigenvalue weighted by Gasteiger charge is 2.32. The molecule has 0 heterocycles. The molecule has 2 rings (SSSR count). The van der Waals surface area contributed by atoms with Crippen LogP contribution in [-0.4, -0.2) is 35.1 Å². The molecule has 0 unspecified atom stereocenters. The van der Waals surface area contributed by atoms with E-state index in [-0.39, 0.29) is 12.5 Å². The molecule has 3 heteroatoms. The van der Waals surface area contributed by atoms with Gasteiger partial charge in [-0.1, -0.05) is 25.7 Å². The fourth-order valence-electron chi connectivity index (χ4n) is 2.24. The molecule has 1 N–H and O–H groups in total. The van der Waals surface area contributed by atoms with E-state index in [1.807, 2.05) is 29.2 Å². The van der Waals surface area contributed by atoms with Crippen molar-refractivity contribution in [1.82, 2.24) is 4.90 Å². The van der Waals surface area contributed by atoms with Crippen molar-refractivity contribution in [2.45, 2.75) is 39.2 Å². The molecule has 0 spiro atoms. The number of hydrogen-bond acceptors (Lipinski definition) is 2. The van der Waals surface area contributed by atoms with Crippen molar-refractivity contribution in [3.8, 4) is 11.8 Å². The minimum Gasteiger partial charge on any atom is -0.384 e. The van der Waals surface area contributed by atoms with Crippen LogP contribution < -0.4 is 0 Å². The van der Waals surface area contributed by atoms with Crippen molar-refractivity contribution in [1.29, 1.82) is 0 Å². The third-order valence-corrected chi connectivity index (χ3v) is 3.64. The number of nitrogens with zero attached hydrogens (tertiary/aromatic N) is 1. The van der Waals surface area contributed by atoms with E-state index in [0.29, 0.717) is 12.0 Å². The topological polar surface area (TPSA) is 40.5 Å². The average molecular weight is 285 g/mol. The molecule has 0 atom stereocenters. The molecule has 0 aromatic heterocycles. The molecular weight excluding hydrogens is 262 g/mol. The Bertz CT molecular complexity index is 533. The fraction of sp³-hybridized carbons (Fsp3) is 0.500. The molecule has 1 aliphatic rings. The first-order chi connectivity index (χ1) is 10.1. The highest BCUT2D eigenvalue weighted by Crippen LogP contribution is 2.29. The van der Waals surface area contributed by atoms with Gasteiger partial charge in [0.25, 0.3) is 5.91 Å². The van der Waals surface area contributed by atoms with Crippen molar-refractivity contribution >= 4 is 5.91 Å². The maximum atomic E-state index is 12.6. The fourth-order valence-corrected chi connectivity index (χ4v) is 2.24. The Hall–Kier alpha value is -1.79. The summed E-state index contributed by atoms with van der Waals surface area (Å²) in [5.74, 6) is 6.18. The minimum absolute atomic E-state index is 0.125. The van der Waals surface area contributed by atoms with Gasteiger partial charge in [0.1, 0.15) is 6.61 Å². The number of aliphatic hydroxyl groups is 1. The Kier molecular flexibility index (Phi) is 5.41. The van der Waals surface area contributed by atoms with Crippen molar-refractivity contribution < 1.29 is 9.90 Å². The first-order valence-electron chi connectivity index (χ1n) is 7.62. The van der Waals surface area contributed by atoms with Gasteiger partial charge in [0.15, 0.2) is 0 Å². The summed E-state index contributed by atoms with van der Waals surface area (Å²) in [6.45, 7) is 5.06. The highest BCUT2D eigenvalue weighted by molar-refractivity contribution is 5.94. The molecule has 0 aliphatic heterocycles. The molecule has 3 nitrogen and oxygen atoms in total. The summed E-state index contributed by atoms with van der Waals surface area (Å²) in [7, 11) is 0. The van der Waals surface area contributed by atoms with Crippen molar-refractivity contribution in [3.63, 3.8) is 0 Å². The van der Waals surface area contributed by atoms with Crippen molar-refractivity contribution in [2.75, 3.05) is 13.2 Å². The SMILES string of the molecule is CC(C)CCN(C(=O)c1ccc(C#CCO)cc1)C1CC1. The van der Waals surface area contributed by atoms with Gasteiger partial charge in [0, 0.05) is 23.7 Å². The summed E-state index contributed by atoms with van der Waals surface area (Å²) in [6.07, 6.45) is 3.30. The number of aliphatic hydroxyl groups excluding tert-OH is 1. The van der Waals surface area contributed by atoms with Gasteiger partial charge in [-0.05, 0) is 49.4 Å². The Balaban J connectivity index is 2.05. The number of rotatable bonds is 5. The number of carbonyl (C=O) groups excluding carboxylic acids is 1. The molecular formula is C18H23NO2. The zero-order chi connectivity index (χ0) is 15.2. The Labute approximate surface area is 127 Å². The maximum absolute atomic E-state index is 12.6. The summed E-state index contributed by atoms with van der Waals surface area (Å²) in [5.41, 5.74) is 1.54. The predicted octanol–water partition coefficient (Wildman–Crippen LogP) is 2.68. The van der Waals surface area contributed by atoms with Crippen LogP contribution in [0.25, 0.3) is 0 Å². The van der Waals surface area contributed by atoms with Crippen LogP contribution in [0.1, 0.15) is 49.0 Å². The molecule has 1 fully saturated rings. The Morgan fingerprint density at radius 2 is 2.00 bits per heavy atom. The number of hydrogen-bond donors (Lipinski definition) is 1. The van der Waals surface area contributed by atoms with Crippen LogP contribution in [0.3, 0.4) is 0 Å². The van der Waals surface area contributed by atoms with Gasteiger partial charge in [-0.2, -0.15) is 0 Å². The van der Waals surface area contributed by atoms with Gasteiger partial charge in [0.2, 0.25) is 0 Å². The summed E-state index contributed by atoms with van der Waals surface area (Å²) in [6, 6.07) is 7.76. The molecule has 112 valence electrons. The monoisotopic (exact) mass is 285 g/mol. The lowest BCUT2D eigenvalue weighted by Crippen LogP contribution is -2.34. The van der Waals surface area contributed by atoms with E-state index < -0.39 is 0 Å². The van der Waals surface area contributed by atoms with Crippen LogP contribution in [0.5, 0.6) is 0 Å². The highest BCUT2D eigenvalue weighted by atomic mass is 16.2. The predicted molar refractivity (Wildman–Crippen MR) is 83.9 cm³/mol. The van der Waals surface area contributed by atoms with Gasteiger partial charge < -0.3 is 10.0 Å². The van der Waals surface area contributed by atoms with Crippen LogP contribution >= 0.6 is 0 Å². The zero-order valence-corrected chi connectivity index (χ0v) is 12.8. The van der Waals surface area contributed by atoms with Gasteiger partial charge in [-0.15, -0.1) is 0 Å². The lowest BCUT2D eigenvalue weighted by atomic mass is 10.1. The number of benzene rings is 1. The molecule has 1 aromatic rings. The van der Waals surface area contributed by atoms with Crippen molar-refractivity contribution in [3.05, 3.63) is 35.4 Å². The number of amides is 1. The molecule has 0 saturated heterocycles. The standard InChI is InChI=1S/C18H23NO2/c1-14(2)11-12-19(17-9-10-17)18(21)16-7-5-15(6-8-16)4-3-13-20/h5-8,14,17,20H,9-13H2,1-2H3. The summed E-state index contributed by atoms with van der Waals surface area (Å²) in [5, 5.41) is 8.68. The Morgan fingerprint density at radius 3 is 2.52 bits per heavy atom. The van der Waals surface area contributed by atoms with E-state index in [1.54, 1.807) is 0 Å². The lowest BCUT2D eigenvalue weighted by molar-refractivity contribution is 0.0735. The zero-order valence-electron chi connectivity index (χ0n) is 12.8. The molecule has 0 bridgehead atoms. The second-order valence-electron chi connectivity index (χ2n) is 5.95. The maximum Gasteiger partial charge on any atom is 0.254 e. The second-order valence-corrected chi connectivity index (χ2v) is 5.95. The van der Waals surface area contributed by atoms with E-state index in [1.165, 1.54) is 0 Å². The summed E-state index contributed by atoms with van der Waals surface area (Å²) < 4.78 is 0. The Morgan fingerprint density at radius 1 is 1.33 bits per heavy atom. The van der Waals surface area contributed by atoms with E-state index in [2.05, 4.69) is 25.7 Å². The van der Waals surface area contributed by atoms with Crippen LogP contribution in [0, 0.1) is 17.8 Å². The van der Waals surface area contributed by atoms with E-state index in [0.717, 1.165) is 36.9 Å². The third-order valence-electron chi connectivity index (χ3n) is 3.64. The van der Waals surface area contributed by atoms with Crippen LogP contribution in [0.15, 0.2) is 24.3 Å². The normalized spacial score (nSPS) is 13.7. The third kappa shape index (κ3) is 4.61. The lowest BCUT2D eigenvalue weighted by Gasteiger charge is -2.23. The summed E-state index contributed by atoms with van der Waals surface area (Å²) >= 11 is 0. The smallest absolute Gasteiger partial charge is 0.254 e. The minimum atomic E-state index is -0.147. The van der Waals surface area contributed by atoms with Gasteiger partial charge in [-0.25, -0.2) is 0 Å². The first-order valence-corrected chi connectivity index (χ1v) is 7.62. The number of carbonyl (C=O) groups is 1. The first kappa shape index (κ1) is 15.6. The van der Waals surface area contributed by atoms with Gasteiger partial charge >= 0.3 is 0 Å². The van der Waals surface area contributed by atoms with Crippen LogP contribution in [0.2, 0.25) is 0 Å². The molecule has 21 heavy (non-hydrogen) atoms. The molecule has 1 saturated carbocycles. The van der Waals surface area contributed by atoms with Crippen molar-refractivity contribution in [2.24, 2.45) is 5.92 Å². The average Bonchev–Trinajstić information content (AvgIpc) is 3.30.